The van der Waals surface area contributed by atoms with Crippen molar-refractivity contribution in [2.24, 2.45) is 7.05 Å². The maximum absolute atomic E-state index is 4.07. The molecule has 1 rings (SSSR count). The van der Waals surface area contributed by atoms with Crippen molar-refractivity contribution in [3.63, 3.8) is 0 Å². The molecule has 4 nitrogen and oxygen atoms in total. The quantitative estimate of drug-likeness (QED) is 0.711. The summed E-state index contributed by atoms with van der Waals surface area (Å²) in [4.78, 5) is 0. The Morgan fingerprint density at radius 1 is 1.50 bits per heavy atom. The molecule has 0 fully saturated rings. The lowest BCUT2D eigenvalue weighted by molar-refractivity contribution is 0.669. The van der Waals surface area contributed by atoms with Gasteiger partial charge in [0.15, 0.2) is 0 Å². The lowest BCUT2D eigenvalue weighted by Gasteiger charge is -2.00. The number of aromatic nitrogens is 3. The van der Waals surface area contributed by atoms with E-state index in [1.807, 2.05) is 18.8 Å². The van der Waals surface area contributed by atoms with Crippen molar-refractivity contribution in [2.45, 2.75) is 26.3 Å². The van der Waals surface area contributed by atoms with Crippen LogP contribution in [0.15, 0.2) is 0 Å². The summed E-state index contributed by atoms with van der Waals surface area (Å²) < 4.78 is 1.86. The van der Waals surface area contributed by atoms with Crippen LogP contribution in [0.3, 0.4) is 0 Å². The molecule has 4 heteroatoms. The third kappa shape index (κ3) is 1.82. The van der Waals surface area contributed by atoms with Gasteiger partial charge in [0, 0.05) is 13.6 Å². The van der Waals surface area contributed by atoms with Crippen molar-refractivity contribution >= 4 is 0 Å². The summed E-state index contributed by atoms with van der Waals surface area (Å²) in [6.07, 6.45) is 2.19. The van der Waals surface area contributed by atoms with Crippen LogP contribution in [0.1, 0.15) is 24.7 Å². The predicted molar refractivity (Wildman–Crippen MR) is 47.8 cm³/mol. The number of rotatable bonds is 4. The molecular formula is C8H16N4. The number of aryl methyl sites for hydroxylation is 1. The molecule has 1 N–H and O–H groups in total. The molecule has 1 aromatic heterocycles. The Morgan fingerprint density at radius 3 is 2.83 bits per heavy atom. The van der Waals surface area contributed by atoms with E-state index >= 15 is 0 Å². The van der Waals surface area contributed by atoms with Crippen molar-refractivity contribution in [3.05, 3.63) is 11.4 Å². The monoisotopic (exact) mass is 168 g/mol. The van der Waals surface area contributed by atoms with Gasteiger partial charge in [-0.1, -0.05) is 18.6 Å². The van der Waals surface area contributed by atoms with E-state index < -0.39 is 0 Å². The van der Waals surface area contributed by atoms with Gasteiger partial charge in [-0.05, 0) is 13.5 Å². The van der Waals surface area contributed by atoms with E-state index in [2.05, 4.69) is 22.6 Å². The number of hydrogen-bond donors (Lipinski definition) is 1. The fraction of sp³-hybridized carbons (Fsp3) is 0.750. The van der Waals surface area contributed by atoms with Crippen LogP contribution in [0.4, 0.5) is 0 Å². The van der Waals surface area contributed by atoms with E-state index in [0.29, 0.717) is 0 Å². The fourth-order valence-corrected chi connectivity index (χ4v) is 1.27. The first-order valence-electron chi connectivity index (χ1n) is 4.31. The highest BCUT2D eigenvalue weighted by molar-refractivity contribution is 5.09. The molecule has 1 aromatic rings. The molecule has 12 heavy (non-hydrogen) atoms. The van der Waals surface area contributed by atoms with Gasteiger partial charge in [-0.15, -0.1) is 5.10 Å². The van der Waals surface area contributed by atoms with E-state index in [4.69, 9.17) is 0 Å². The Balaban J connectivity index is 2.80. The van der Waals surface area contributed by atoms with Gasteiger partial charge in [0.05, 0.1) is 11.4 Å². The second-order valence-corrected chi connectivity index (χ2v) is 2.89. The predicted octanol–water partition coefficient (Wildman–Crippen LogP) is 0.487. The highest BCUT2D eigenvalue weighted by Gasteiger charge is 2.07. The molecule has 0 aliphatic heterocycles. The van der Waals surface area contributed by atoms with E-state index in [1.165, 1.54) is 5.69 Å². The van der Waals surface area contributed by atoms with Crippen LogP contribution in [-0.2, 0) is 20.0 Å². The molecule has 0 saturated carbocycles. The second kappa shape index (κ2) is 4.21. The normalized spacial score (nSPS) is 10.6. The third-order valence-corrected chi connectivity index (χ3v) is 1.85. The van der Waals surface area contributed by atoms with Gasteiger partial charge in [-0.3, -0.25) is 4.68 Å². The van der Waals surface area contributed by atoms with Gasteiger partial charge in [-0.2, -0.15) is 0 Å². The summed E-state index contributed by atoms with van der Waals surface area (Å²) in [5.41, 5.74) is 2.31. The zero-order valence-corrected chi connectivity index (χ0v) is 7.96. The summed E-state index contributed by atoms with van der Waals surface area (Å²) in [6.45, 7) is 2.97. The molecule has 0 spiro atoms. The Hall–Kier alpha value is -0.900. The summed E-state index contributed by atoms with van der Waals surface area (Å²) >= 11 is 0. The van der Waals surface area contributed by atoms with Crippen LogP contribution in [0.2, 0.25) is 0 Å². The maximum Gasteiger partial charge on any atom is 0.0996 e. The third-order valence-electron chi connectivity index (χ3n) is 1.85. The minimum atomic E-state index is 0.809. The minimum Gasteiger partial charge on any atom is -0.314 e. The number of hydrogen-bond acceptors (Lipinski definition) is 3. The van der Waals surface area contributed by atoms with Gasteiger partial charge < -0.3 is 5.32 Å². The van der Waals surface area contributed by atoms with Crippen LogP contribution in [0, 0.1) is 0 Å². The molecule has 0 aliphatic rings. The first-order valence-corrected chi connectivity index (χ1v) is 4.31. The highest BCUT2D eigenvalue weighted by atomic mass is 15.4. The minimum absolute atomic E-state index is 0.809. The van der Waals surface area contributed by atoms with Crippen LogP contribution < -0.4 is 5.32 Å². The van der Waals surface area contributed by atoms with E-state index in [9.17, 15) is 0 Å². The van der Waals surface area contributed by atoms with Crippen molar-refractivity contribution in [2.75, 3.05) is 7.05 Å². The SMILES string of the molecule is CCCc1c(CNC)nnn1C. The van der Waals surface area contributed by atoms with Gasteiger partial charge in [0.25, 0.3) is 0 Å². The zero-order valence-electron chi connectivity index (χ0n) is 7.96. The van der Waals surface area contributed by atoms with Crippen LogP contribution >= 0.6 is 0 Å². The molecule has 0 aromatic carbocycles. The molecule has 0 radical (unpaired) electrons. The zero-order chi connectivity index (χ0) is 8.97. The van der Waals surface area contributed by atoms with Crippen LogP contribution in [0.25, 0.3) is 0 Å². The van der Waals surface area contributed by atoms with Crippen LogP contribution in [0.5, 0.6) is 0 Å². The smallest absolute Gasteiger partial charge is 0.0996 e. The molecule has 0 saturated heterocycles. The molecule has 0 atom stereocenters. The van der Waals surface area contributed by atoms with Gasteiger partial charge in [-0.25, -0.2) is 0 Å². The maximum atomic E-state index is 4.07. The van der Waals surface area contributed by atoms with Crippen molar-refractivity contribution in [3.8, 4) is 0 Å². The van der Waals surface area contributed by atoms with E-state index in [1.54, 1.807) is 0 Å². The topological polar surface area (TPSA) is 42.7 Å². The summed E-state index contributed by atoms with van der Waals surface area (Å²) in [7, 11) is 3.86. The molecule has 68 valence electrons. The van der Waals surface area contributed by atoms with Crippen LogP contribution in [-0.4, -0.2) is 22.0 Å². The van der Waals surface area contributed by atoms with Crippen molar-refractivity contribution < 1.29 is 0 Å². The molecule has 0 aliphatic carbocycles. The van der Waals surface area contributed by atoms with E-state index in [0.717, 1.165) is 25.1 Å². The summed E-state index contributed by atoms with van der Waals surface area (Å²) in [5, 5.41) is 11.1. The highest BCUT2D eigenvalue weighted by Crippen LogP contribution is 2.06. The summed E-state index contributed by atoms with van der Waals surface area (Å²) in [5.74, 6) is 0. The van der Waals surface area contributed by atoms with Crippen molar-refractivity contribution in [1.29, 1.82) is 0 Å². The number of nitrogens with zero attached hydrogens (tertiary/aromatic N) is 3. The Kier molecular flexibility index (Phi) is 3.22. The lowest BCUT2D eigenvalue weighted by atomic mass is 10.2. The standard InChI is InChI=1S/C8H16N4/c1-4-5-8-7(6-9-2)10-11-12(8)3/h9H,4-6H2,1-3H3. The van der Waals surface area contributed by atoms with Gasteiger partial charge in [0.1, 0.15) is 0 Å². The van der Waals surface area contributed by atoms with Gasteiger partial charge in [0.2, 0.25) is 0 Å². The Labute approximate surface area is 73.0 Å². The average Bonchev–Trinajstić information content (AvgIpc) is 2.37. The van der Waals surface area contributed by atoms with E-state index in [-0.39, 0.29) is 0 Å². The first kappa shape index (κ1) is 9.19. The molecule has 0 unspecified atom stereocenters. The second-order valence-electron chi connectivity index (χ2n) is 2.89. The largest absolute Gasteiger partial charge is 0.314 e. The Bertz CT molecular complexity index is 241. The Morgan fingerprint density at radius 2 is 2.25 bits per heavy atom. The molecule has 0 bridgehead atoms. The molecular weight excluding hydrogens is 152 g/mol. The first-order chi connectivity index (χ1) is 5.79. The average molecular weight is 168 g/mol. The van der Waals surface area contributed by atoms with Gasteiger partial charge >= 0.3 is 0 Å². The fourth-order valence-electron chi connectivity index (χ4n) is 1.27. The lowest BCUT2D eigenvalue weighted by Crippen LogP contribution is -2.08. The molecule has 1 heterocycles. The van der Waals surface area contributed by atoms with Crippen molar-refractivity contribution in [1.82, 2.24) is 20.3 Å². The number of nitrogens with one attached hydrogen (secondary N) is 1. The summed E-state index contributed by atoms with van der Waals surface area (Å²) in [6, 6.07) is 0. The molecule has 0 amide bonds.